The molecular weight excluding hydrogens is 605 g/mol. The van der Waals surface area contributed by atoms with Gasteiger partial charge in [-0.3, -0.25) is 0 Å². The van der Waals surface area contributed by atoms with Crippen molar-refractivity contribution in [3.63, 3.8) is 0 Å². The number of unbranched alkanes of at least 4 members (excludes halogenated alkanes) is 24. The summed E-state index contributed by atoms with van der Waals surface area (Å²) in [5.74, 6) is 0. The van der Waals surface area contributed by atoms with E-state index in [1.165, 1.54) is 228 Å². The zero-order chi connectivity index (χ0) is 35.7. The lowest BCUT2D eigenvalue weighted by Gasteiger charge is -2.26. The maximum Gasteiger partial charge on any atom is 0.0366 e. The van der Waals surface area contributed by atoms with Crippen LogP contribution in [0.15, 0.2) is 48.5 Å². The summed E-state index contributed by atoms with van der Waals surface area (Å²) in [6.07, 6.45) is 38.6. The summed E-state index contributed by atoms with van der Waals surface area (Å²) >= 11 is 0. The van der Waals surface area contributed by atoms with E-state index in [1.807, 2.05) is 0 Å². The van der Waals surface area contributed by atoms with Crippen molar-refractivity contribution in [2.45, 2.75) is 207 Å². The second kappa shape index (κ2) is 31.7. The van der Waals surface area contributed by atoms with E-state index in [0.717, 1.165) is 0 Å². The predicted molar refractivity (Wildman–Crippen MR) is 228 cm³/mol. The van der Waals surface area contributed by atoms with Crippen molar-refractivity contribution in [2.75, 3.05) is 36.0 Å². The number of hydrogen-bond donors (Lipinski definition) is 0. The molecule has 0 aliphatic heterocycles. The second-order valence-electron chi connectivity index (χ2n) is 15.6. The van der Waals surface area contributed by atoms with Gasteiger partial charge < -0.3 is 9.80 Å². The third-order valence-corrected chi connectivity index (χ3v) is 10.9. The smallest absolute Gasteiger partial charge is 0.0366 e. The van der Waals surface area contributed by atoms with Crippen molar-refractivity contribution in [1.29, 1.82) is 0 Å². The average molecular weight is 689 g/mol. The minimum Gasteiger partial charge on any atom is -0.372 e. The third-order valence-electron chi connectivity index (χ3n) is 10.9. The summed E-state index contributed by atoms with van der Waals surface area (Å²) < 4.78 is 0. The number of nitrogens with zero attached hydrogens (tertiary/aromatic N) is 2. The number of anilines is 2. The molecule has 0 unspecified atom stereocenters. The van der Waals surface area contributed by atoms with Crippen LogP contribution in [0, 0.1) is 0 Å². The van der Waals surface area contributed by atoms with E-state index in [2.05, 4.69) is 86.0 Å². The Kier molecular flexibility index (Phi) is 28.1. The third kappa shape index (κ3) is 21.4. The van der Waals surface area contributed by atoms with Crippen LogP contribution in [0.1, 0.15) is 207 Å². The van der Waals surface area contributed by atoms with Crippen molar-refractivity contribution in [1.82, 2.24) is 0 Å². The van der Waals surface area contributed by atoms with Gasteiger partial charge in [-0.15, -0.1) is 0 Å². The summed E-state index contributed by atoms with van der Waals surface area (Å²) in [6, 6.07) is 19.1. The van der Waals surface area contributed by atoms with Crippen LogP contribution in [0.5, 0.6) is 0 Å². The molecule has 0 radical (unpaired) electrons. The summed E-state index contributed by atoms with van der Waals surface area (Å²) in [5.41, 5.74) is 5.52. The second-order valence-corrected chi connectivity index (χ2v) is 15.6. The van der Waals surface area contributed by atoms with Crippen LogP contribution in [-0.2, 0) is 0 Å². The monoisotopic (exact) mass is 689 g/mol. The molecule has 50 heavy (non-hydrogen) atoms. The molecule has 0 atom stereocenters. The quantitative estimate of drug-likeness (QED) is 0.0665. The van der Waals surface area contributed by atoms with Crippen molar-refractivity contribution in [3.8, 4) is 11.1 Å². The number of rotatable bonds is 35. The Labute approximate surface area is 313 Å². The molecule has 2 nitrogen and oxygen atoms in total. The van der Waals surface area contributed by atoms with E-state index >= 15 is 0 Å². The molecule has 0 bridgehead atoms. The minimum atomic E-state index is 1.20. The Morgan fingerprint density at radius 1 is 0.260 bits per heavy atom. The average Bonchev–Trinajstić information content (AvgIpc) is 3.15. The number of hydrogen-bond acceptors (Lipinski definition) is 2. The van der Waals surface area contributed by atoms with E-state index < -0.39 is 0 Å². The molecule has 0 aromatic heterocycles. The summed E-state index contributed by atoms with van der Waals surface area (Å²) in [5, 5.41) is 0. The Hall–Kier alpha value is -1.96. The Balaban J connectivity index is 1.98. The maximum atomic E-state index is 2.69. The molecule has 2 heteroatoms. The first-order valence-electron chi connectivity index (χ1n) is 22.4. The zero-order valence-corrected chi connectivity index (χ0v) is 34.1. The fourth-order valence-corrected chi connectivity index (χ4v) is 7.51. The van der Waals surface area contributed by atoms with E-state index in [1.54, 1.807) is 0 Å². The van der Waals surface area contributed by atoms with Gasteiger partial charge in [0, 0.05) is 37.6 Å². The van der Waals surface area contributed by atoms with E-state index in [0.29, 0.717) is 0 Å². The predicted octanol–water partition coefficient (Wildman–Crippen LogP) is 16.0. The van der Waals surface area contributed by atoms with Crippen LogP contribution in [0.3, 0.4) is 0 Å². The van der Waals surface area contributed by atoms with Crippen LogP contribution in [0.25, 0.3) is 11.1 Å². The zero-order valence-electron chi connectivity index (χ0n) is 34.1. The van der Waals surface area contributed by atoms with Gasteiger partial charge in [-0.25, -0.2) is 0 Å². The van der Waals surface area contributed by atoms with Crippen LogP contribution >= 0.6 is 0 Å². The Bertz CT molecular complexity index is 863. The molecular formula is C48H84N2. The Morgan fingerprint density at radius 3 is 0.680 bits per heavy atom. The van der Waals surface area contributed by atoms with Gasteiger partial charge in [0.05, 0.1) is 0 Å². The van der Waals surface area contributed by atoms with Crippen molar-refractivity contribution < 1.29 is 0 Å². The molecule has 0 amide bonds. The molecule has 0 saturated carbocycles. The fraction of sp³-hybridized carbons (Fsp3) is 0.750. The van der Waals surface area contributed by atoms with E-state index in [9.17, 15) is 0 Å². The first-order valence-corrected chi connectivity index (χ1v) is 22.4. The number of benzene rings is 2. The summed E-state index contributed by atoms with van der Waals surface area (Å²) in [7, 11) is 0. The topological polar surface area (TPSA) is 6.48 Å². The van der Waals surface area contributed by atoms with Crippen molar-refractivity contribution in [3.05, 3.63) is 48.5 Å². The first-order chi connectivity index (χ1) is 24.7. The van der Waals surface area contributed by atoms with Crippen LogP contribution in [-0.4, -0.2) is 26.2 Å². The van der Waals surface area contributed by atoms with Gasteiger partial charge in [0.15, 0.2) is 0 Å². The SMILES string of the molecule is CCCCCCCCCN(CCCCCCCCC)c1ccc(-c2ccc(N(CCCCCCCCC)CCCCCCCCC)cc2)cc1. The molecule has 0 N–H and O–H groups in total. The van der Waals surface area contributed by atoms with Crippen molar-refractivity contribution in [2.24, 2.45) is 0 Å². The van der Waals surface area contributed by atoms with Gasteiger partial charge in [0.1, 0.15) is 0 Å². The lowest BCUT2D eigenvalue weighted by atomic mass is 10.0. The van der Waals surface area contributed by atoms with Gasteiger partial charge in [-0.2, -0.15) is 0 Å². The first kappa shape index (κ1) is 44.2. The lowest BCUT2D eigenvalue weighted by Crippen LogP contribution is -2.25. The van der Waals surface area contributed by atoms with Gasteiger partial charge >= 0.3 is 0 Å². The van der Waals surface area contributed by atoms with Crippen LogP contribution in [0.2, 0.25) is 0 Å². The highest BCUT2D eigenvalue weighted by molar-refractivity contribution is 5.68. The van der Waals surface area contributed by atoms with E-state index in [4.69, 9.17) is 0 Å². The van der Waals surface area contributed by atoms with Gasteiger partial charge in [0.2, 0.25) is 0 Å². The molecule has 0 aliphatic rings. The summed E-state index contributed by atoms with van der Waals surface area (Å²) in [6.45, 7) is 14.0. The molecule has 2 aromatic rings. The molecule has 0 saturated heterocycles. The highest BCUT2D eigenvalue weighted by Gasteiger charge is 2.10. The van der Waals surface area contributed by atoms with Crippen molar-refractivity contribution >= 4 is 11.4 Å². The highest BCUT2D eigenvalue weighted by atomic mass is 15.1. The molecule has 2 aromatic carbocycles. The Morgan fingerprint density at radius 2 is 0.460 bits per heavy atom. The maximum absolute atomic E-state index is 2.69. The van der Waals surface area contributed by atoms with Crippen LogP contribution < -0.4 is 9.80 Å². The largest absolute Gasteiger partial charge is 0.372 e. The standard InChI is InChI=1S/C48H84N2/c1-5-9-13-17-21-25-29-41-49(42-30-26-22-18-14-10-6-2)47-37-33-45(34-38-47)46-35-39-48(40-36-46)50(43-31-27-23-19-15-11-7-3)44-32-28-24-20-16-12-8-4/h33-40H,5-32,41-44H2,1-4H3. The minimum absolute atomic E-state index is 1.20. The molecule has 2 rings (SSSR count). The van der Waals surface area contributed by atoms with E-state index in [-0.39, 0.29) is 0 Å². The summed E-state index contributed by atoms with van der Waals surface area (Å²) in [4.78, 5) is 5.38. The van der Waals surface area contributed by atoms with Gasteiger partial charge in [0.25, 0.3) is 0 Å². The van der Waals surface area contributed by atoms with Crippen LogP contribution in [0.4, 0.5) is 11.4 Å². The molecule has 0 aliphatic carbocycles. The molecule has 0 spiro atoms. The normalized spacial score (nSPS) is 11.4. The van der Waals surface area contributed by atoms with Gasteiger partial charge in [-0.05, 0) is 61.1 Å². The highest BCUT2D eigenvalue weighted by Crippen LogP contribution is 2.27. The molecule has 0 heterocycles. The fourth-order valence-electron chi connectivity index (χ4n) is 7.51. The molecule has 286 valence electrons. The van der Waals surface area contributed by atoms with Gasteiger partial charge in [-0.1, -0.05) is 206 Å². The molecule has 0 fully saturated rings. The lowest BCUT2D eigenvalue weighted by molar-refractivity contribution is 0.564.